The summed E-state index contributed by atoms with van der Waals surface area (Å²) in [6.45, 7) is 3.24. The molecule has 0 unspecified atom stereocenters. The molecule has 0 atom stereocenters. The van der Waals surface area contributed by atoms with E-state index in [1.165, 1.54) is 6.92 Å². The predicted molar refractivity (Wildman–Crippen MR) is 69.0 cm³/mol. The average molecular weight is 242 g/mol. The van der Waals surface area contributed by atoms with E-state index in [1.54, 1.807) is 6.07 Å². The average Bonchev–Trinajstić information content (AvgIpc) is 2.34. The van der Waals surface area contributed by atoms with Gasteiger partial charge in [-0.1, -0.05) is 30.3 Å². The fraction of sp³-hybridized carbons (Fsp3) is 0.133. The molecule has 3 heteroatoms. The van der Waals surface area contributed by atoms with Crippen LogP contribution in [0.15, 0.2) is 48.5 Å². The summed E-state index contributed by atoms with van der Waals surface area (Å²) < 4.78 is 10.9. The second kappa shape index (κ2) is 5.36. The van der Waals surface area contributed by atoms with Gasteiger partial charge < -0.3 is 9.47 Å². The summed E-state index contributed by atoms with van der Waals surface area (Å²) in [5.74, 6) is 1.35. The zero-order chi connectivity index (χ0) is 13.0. The molecule has 0 aliphatic rings. The molecule has 0 saturated heterocycles. The van der Waals surface area contributed by atoms with Crippen LogP contribution >= 0.6 is 0 Å². The van der Waals surface area contributed by atoms with Crippen molar-refractivity contribution in [1.82, 2.24) is 0 Å². The summed E-state index contributed by atoms with van der Waals surface area (Å²) in [5.41, 5.74) is 0.860. The fourth-order valence-electron chi connectivity index (χ4n) is 1.60. The minimum absolute atomic E-state index is 0.359. The standard InChI is InChI=1S/C15H14O3/c1-11-7-6-10-14(15(11)17-12(2)16)18-13-8-4-3-5-9-13/h3-10H,1-2H3. The van der Waals surface area contributed by atoms with Gasteiger partial charge >= 0.3 is 5.97 Å². The molecule has 0 saturated carbocycles. The molecule has 0 fully saturated rings. The van der Waals surface area contributed by atoms with Crippen LogP contribution in [0, 0.1) is 6.92 Å². The topological polar surface area (TPSA) is 35.5 Å². The Kier molecular flexibility index (Phi) is 3.63. The number of para-hydroxylation sites is 2. The number of esters is 1. The van der Waals surface area contributed by atoms with Crippen molar-refractivity contribution < 1.29 is 14.3 Å². The van der Waals surface area contributed by atoms with E-state index in [2.05, 4.69) is 0 Å². The second-order valence-corrected chi connectivity index (χ2v) is 3.91. The lowest BCUT2D eigenvalue weighted by molar-refractivity contribution is -0.132. The molecule has 0 heterocycles. The first kappa shape index (κ1) is 12.2. The van der Waals surface area contributed by atoms with Crippen LogP contribution < -0.4 is 9.47 Å². The smallest absolute Gasteiger partial charge is 0.308 e. The van der Waals surface area contributed by atoms with Gasteiger partial charge in [-0.05, 0) is 30.7 Å². The largest absolute Gasteiger partial charge is 0.453 e. The first-order valence-electron chi connectivity index (χ1n) is 5.68. The van der Waals surface area contributed by atoms with Crippen molar-refractivity contribution in [2.75, 3.05) is 0 Å². The summed E-state index contributed by atoms with van der Waals surface area (Å²) in [6.07, 6.45) is 0. The number of rotatable bonds is 3. The van der Waals surface area contributed by atoms with Gasteiger partial charge in [0.05, 0.1) is 0 Å². The Bertz CT molecular complexity index is 547. The molecule has 0 aromatic heterocycles. The third-order valence-corrected chi connectivity index (χ3v) is 2.39. The monoisotopic (exact) mass is 242 g/mol. The van der Waals surface area contributed by atoms with E-state index in [4.69, 9.17) is 9.47 Å². The lowest BCUT2D eigenvalue weighted by atomic mass is 10.2. The molecule has 0 spiro atoms. The van der Waals surface area contributed by atoms with Gasteiger partial charge in [-0.15, -0.1) is 0 Å². The predicted octanol–water partition coefficient (Wildman–Crippen LogP) is 3.71. The molecule has 0 aliphatic heterocycles. The Morgan fingerprint density at radius 1 is 1.00 bits per heavy atom. The Balaban J connectivity index is 2.32. The van der Waals surface area contributed by atoms with Crippen LogP contribution in [0.1, 0.15) is 12.5 Å². The molecule has 2 aromatic rings. The molecule has 0 N–H and O–H groups in total. The molecule has 0 amide bonds. The lowest BCUT2D eigenvalue weighted by Crippen LogP contribution is -2.04. The van der Waals surface area contributed by atoms with E-state index in [-0.39, 0.29) is 5.97 Å². The summed E-state index contributed by atoms with van der Waals surface area (Å²) >= 11 is 0. The number of carbonyl (C=O) groups is 1. The van der Waals surface area contributed by atoms with Gasteiger partial charge in [0.15, 0.2) is 11.5 Å². The number of hydrogen-bond donors (Lipinski definition) is 0. The van der Waals surface area contributed by atoms with Gasteiger partial charge in [0.2, 0.25) is 0 Å². The van der Waals surface area contributed by atoms with Crippen molar-refractivity contribution in [3.05, 3.63) is 54.1 Å². The van der Waals surface area contributed by atoms with Crippen molar-refractivity contribution in [1.29, 1.82) is 0 Å². The molecule has 2 rings (SSSR count). The molecular formula is C15H14O3. The quantitative estimate of drug-likeness (QED) is 0.608. The molecular weight excluding hydrogens is 228 g/mol. The lowest BCUT2D eigenvalue weighted by Gasteiger charge is -2.12. The minimum Gasteiger partial charge on any atom is -0.453 e. The molecule has 0 bridgehead atoms. The van der Waals surface area contributed by atoms with Crippen LogP contribution in [0.5, 0.6) is 17.2 Å². The van der Waals surface area contributed by atoms with Gasteiger partial charge in [0, 0.05) is 6.92 Å². The highest BCUT2D eigenvalue weighted by molar-refractivity contribution is 5.71. The van der Waals surface area contributed by atoms with E-state index in [9.17, 15) is 4.79 Å². The fourth-order valence-corrected chi connectivity index (χ4v) is 1.60. The minimum atomic E-state index is -0.359. The number of benzene rings is 2. The number of ether oxygens (including phenoxy) is 2. The SMILES string of the molecule is CC(=O)Oc1c(C)cccc1Oc1ccccc1. The Labute approximate surface area is 106 Å². The molecule has 2 aromatic carbocycles. The van der Waals surface area contributed by atoms with Crippen LogP contribution in [0.25, 0.3) is 0 Å². The van der Waals surface area contributed by atoms with Crippen LogP contribution in [0.2, 0.25) is 0 Å². The summed E-state index contributed by atoms with van der Waals surface area (Å²) in [6, 6.07) is 14.9. The normalized spacial score (nSPS) is 9.89. The number of carbonyl (C=O) groups excluding carboxylic acids is 1. The van der Waals surface area contributed by atoms with Gasteiger partial charge in [-0.25, -0.2) is 0 Å². The highest BCUT2D eigenvalue weighted by Crippen LogP contribution is 2.34. The molecule has 3 nitrogen and oxygen atoms in total. The third kappa shape index (κ3) is 2.88. The second-order valence-electron chi connectivity index (χ2n) is 3.91. The van der Waals surface area contributed by atoms with E-state index < -0.39 is 0 Å². The first-order chi connectivity index (χ1) is 8.66. The van der Waals surface area contributed by atoms with Crippen LogP contribution in [-0.2, 0) is 4.79 Å². The van der Waals surface area contributed by atoms with Crippen molar-refractivity contribution >= 4 is 5.97 Å². The van der Waals surface area contributed by atoms with Crippen LogP contribution in [-0.4, -0.2) is 5.97 Å². The highest BCUT2D eigenvalue weighted by atomic mass is 16.6. The highest BCUT2D eigenvalue weighted by Gasteiger charge is 2.11. The van der Waals surface area contributed by atoms with Gasteiger partial charge in [-0.3, -0.25) is 4.79 Å². The van der Waals surface area contributed by atoms with Gasteiger partial charge in [0.1, 0.15) is 5.75 Å². The van der Waals surface area contributed by atoms with Gasteiger partial charge in [0.25, 0.3) is 0 Å². The summed E-state index contributed by atoms with van der Waals surface area (Å²) in [4.78, 5) is 11.1. The summed E-state index contributed by atoms with van der Waals surface area (Å²) in [5, 5.41) is 0. The van der Waals surface area contributed by atoms with E-state index >= 15 is 0 Å². The third-order valence-electron chi connectivity index (χ3n) is 2.39. The molecule has 18 heavy (non-hydrogen) atoms. The Morgan fingerprint density at radius 3 is 2.39 bits per heavy atom. The van der Waals surface area contributed by atoms with Crippen molar-refractivity contribution in [3.63, 3.8) is 0 Å². The molecule has 0 aliphatic carbocycles. The zero-order valence-corrected chi connectivity index (χ0v) is 10.3. The summed E-state index contributed by atoms with van der Waals surface area (Å²) in [7, 11) is 0. The van der Waals surface area contributed by atoms with E-state index in [1.807, 2.05) is 49.4 Å². The zero-order valence-electron chi connectivity index (χ0n) is 10.3. The maximum absolute atomic E-state index is 11.1. The van der Waals surface area contributed by atoms with Crippen molar-refractivity contribution in [2.24, 2.45) is 0 Å². The molecule has 92 valence electrons. The van der Waals surface area contributed by atoms with Crippen molar-refractivity contribution in [2.45, 2.75) is 13.8 Å². The maximum atomic E-state index is 11.1. The van der Waals surface area contributed by atoms with Crippen molar-refractivity contribution in [3.8, 4) is 17.2 Å². The Hall–Kier alpha value is -2.29. The molecule has 0 radical (unpaired) electrons. The van der Waals surface area contributed by atoms with E-state index in [0.717, 1.165) is 5.56 Å². The first-order valence-corrected chi connectivity index (χ1v) is 5.68. The number of aryl methyl sites for hydroxylation is 1. The van der Waals surface area contributed by atoms with Crippen LogP contribution in [0.3, 0.4) is 0 Å². The Morgan fingerprint density at radius 2 is 1.72 bits per heavy atom. The van der Waals surface area contributed by atoms with Gasteiger partial charge in [-0.2, -0.15) is 0 Å². The van der Waals surface area contributed by atoms with E-state index in [0.29, 0.717) is 17.2 Å². The number of hydrogen-bond acceptors (Lipinski definition) is 3. The maximum Gasteiger partial charge on any atom is 0.308 e. The van der Waals surface area contributed by atoms with Crippen LogP contribution in [0.4, 0.5) is 0 Å².